The fourth-order valence-electron chi connectivity index (χ4n) is 1.63. The zero-order valence-corrected chi connectivity index (χ0v) is 12.4. The number of carbonyl (C=O) groups excluding carboxylic acids is 1. The van der Waals surface area contributed by atoms with E-state index in [1.165, 1.54) is 29.7 Å². The summed E-state index contributed by atoms with van der Waals surface area (Å²) in [4.78, 5) is 18.9. The maximum Gasteiger partial charge on any atom is 0.340 e. The van der Waals surface area contributed by atoms with Crippen LogP contribution >= 0.6 is 11.3 Å². The molecule has 0 N–H and O–H groups in total. The molecule has 8 heteroatoms. The van der Waals surface area contributed by atoms with Crippen molar-refractivity contribution < 1.29 is 13.9 Å². The van der Waals surface area contributed by atoms with Gasteiger partial charge in [0.05, 0.1) is 6.61 Å². The smallest absolute Gasteiger partial charge is 0.340 e. The van der Waals surface area contributed by atoms with E-state index in [4.69, 9.17) is 10.3 Å². The minimum absolute atomic E-state index is 0.167. The van der Waals surface area contributed by atoms with Gasteiger partial charge in [-0.05, 0) is 30.7 Å². The quantitative estimate of drug-likeness (QED) is 0.272. The number of ether oxygens (including phenoxy) is 1. The molecule has 0 aliphatic carbocycles. The van der Waals surface area contributed by atoms with Crippen LogP contribution in [0.25, 0.3) is 27.1 Å². The van der Waals surface area contributed by atoms with Gasteiger partial charge in [-0.25, -0.2) is 14.2 Å². The van der Waals surface area contributed by atoms with Gasteiger partial charge >= 0.3 is 5.97 Å². The molecule has 0 saturated carbocycles. The predicted octanol–water partition coefficient (Wildman–Crippen LogP) is 4.16. The Balaban J connectivity index is 2.34. The summed E-state index contributed by atoms with van der Waals surface area (Å²) in [5, 5.41) is 3.78. The lowest BCUT2D eigenvalue weighted by atomic mass is 10.2. The summed E-state index contributed by atoms with van der Waals surface area (Å²) >= 11 is 1.17. The maximum atomic E-state index is 13.7. The van der Waals surface area contributed by atoms with Crippen molar-refractivity contribution in [1.82, 2.24) is 4.98 Å². The van der Waals surface area contributed by atoms with Crippen molar-refractivity contribution in [2.24, 2.45) is 5.11 Å². The lowest BCUT2D eigenvalue weighted by Gasteiger charge is -1.99. The van der Waals surface area contributed by atoms with Crippen molar-refractivity contribution in [1.29, 1.82) is 0 Å². The molecule has 1 heterocycles. The van der Waals surface area contributed by atoms with Crippen LogP contribution in [0.15, 0.2) is 41.3 Å². The van der Waals surface area contributed by atoms with Gasteiger partial charge in [0.25, 0.3) is 0 Å². The average molecular weight is 318 g/mol. The molecule has 0 unspecified atom stereocenters. The minimum atomic E-state index is -0.721. The minimum Gasteiger partial charge on any atom is -0.462 e. The van der Waals surface area contributed by atoms with Crippen LogP contribution in [0.4, 0.5) is 4.39 Å². The molecule has 1 aromatic carbocycles. The zero-order chi connectivity index (χ0) is 15.9. The number of aromatic nitrogens is 1. The lowest BCUT2D eigenvalue weighted by molar-refractivity contribution is -0.138. The average Bonchev–Trinajstić information content (AvgIpc) is 2.96. The number of rotatable bonds is 5. The van der Waals surface area contributed by atoms with Gasteiger partial charge in [0.15, 0.2) is 0 Å². The maximum absolute atomic E-state index is 13.7. The van der Waals surface area contributed by atoms with Gasteiger partial charge in [-0.1, -0.05) is 17.2 Å². The van der Waals surface area contributed by atoms with Crippen molar-refractivity contribution >= 4 is 23.4 Å². The number of thiazole rings is 1. The van der Waals surface area contributed by atoms with Crippen LogP contribution in [0, 0.1) is 5.82 Å². The molecule has 22 heavy (non-hydrogen) atoms. The molecule has 0 aliphatic rings. The van der Waals surface area contributed by atoms with Crippen molar-refractivity contribution in [3.63, 3.8) is 0 Å². The van der Waals surface area contributed by atoms with E-state index in [0.717, 1.165) is 0 Å². The van der Waals surface area contributed by atoms with E-state index < -0.39 is 5.97 Å². The molecule has 2 rings (SSSR count). The SMILES string of the molecule is CCOC(=O)/C(=C/c1cnc(-c2ccccc2F)s1)N=[N+]=[N-]. The first-order valence-electron chi connectivity index (χ1n) is 6.30. The molecule has 0 bridgehead atoms. The van der Waals surface area contributed by atoms with Crippen molar-refractivity contribution in [2.45, 2.75) is 6.92 Å². The normalized spacial score (nSPS) is 10.9. The summed E-state index contributed by atoms with van der Waals surface area (Å²) in [7, 11) is 0. The molecule has 1 aromatic heterocycles. The molecule has 0 spiro atoms. The Hall–Kier alpha value is -2.70. The van der Waals surface area contributed by atoms with E-state index in [2.05, 4.69) is 15.0 Å². The molecule has 0 radical (unpaired) electrons. The standard InChI is InChI=1S/C14H11FN4O2S/c1-2-21-14(20)12(18-19-16)7-9-8-17-13(22-9)10-5-3-4-6-11(10)15/h3-8H,2H2,1H3/b12-7-. The van der Waals surface area contributed by atoms with Crippen molar-refractivity contribution in [3.05, 3.63) is 57.3 Å². The number of hydrogen-bond acceptors (Lipinski definition) is 5. The number of halogens is 1. The predicted molar refractivity (Wildman–Crippen MR) is 81.3 cm³/mol. The number of azide groups is 1. The molecule has 6 nitrogen and oxygen atoms in total. The van der Waals surface area contributed by atoms with Gasteiger partial charge in [-0.3, -0.25) is 0 Å². The monoisotopic (exact) mass is 318 g/mol. The third-order valence-electron chi connectivity index (χ3n) is 2.54. The second-order valence-electron chi connectivity index (χ2n) is 3.99. The Morgan fingerprint density at radius 2 is 2.32 bits per heavy atom. The molecule has 0 aliphatic heterocycles. The second kappa shape index (κ2) is 7.35. The molecule has 0 saturated heterocycles. The number of carbonyl (C=O) groups is 1. The topological polar surface area (TPSA) is 88.0 Å². The van der Waals surface area contributed by atoms with Crippen LogP contribution < -0.4 is 0 Å². The van der Waals surface area contributed by atoms with Crippen LogP contribution in [0.2, 0.25) is 0 Å². The molecule has 0 amide bonds. The highest BCUT2D eigenvalue weighted by Crippen LogP contribution is 2.28. The number of hydrogen-bond donors (Lipinski definition) is 0. The molecule has 2 aromatic rings. The van der Waals surface area contributed by atoms with E-state index in [1.54, 1.807) is 25.1 Å². The molecule has 0 atom stereocenters. The van der Waals surface area contributed by atoms with Crippen LogP contribution in [-0.4, -0.2) is 17.6 Å². The third-order valence-corrected chi connectivity index (χ3v) is 3.52. The van der Waals surface area contributed by atoms with Gasteiger partial charge in [-0.2, -0.15) is 0 Å². The number of nitrogens with zero attached hydrogens (tertiary/aromatic N) is 4. The highest BCUT2D eigenvalue weighted by molar-refractivity contribution is 7.15. The zero-order valence-electron chi connectivity index (χ0n) is 11.6. The van der Waals surface area contributed by atoms with E-state index in [9.17, 15) is 9.18 Å². The molecular weight excluding hydrogens is 307 g/mol. The van der Waals surface area contributed by atoms with E-state index in [0.29, 0.717) is 15.4 Å². The van der Waals surface area contributed by atoms with Crippen molar-refractivity contribution in [2.75, 3.05) is 6.61 Å². The highest BCUT2D eigenvalue weighted by atomic mass is 32.1. The van der Waals surface area contributed by atoms with E-state index in [1.807, 2.05) is 0 Å². The Morgan fingerprint density at radius 1 is 1.55 bits per heavy atom. The highest BCUT2D eigenvalue weighted by Gasteiger charge is 2.12. The summed E-state index contributed by atoms with van der Waals surface area (Å²) in [6.45, 7) is 1.81. The van der Waals surface area contributed by atoms with Gasteiger partial charge < -0.3 is 4.74 Å². The Morgan fingerprint density at radius 3 is 3.00 bits per heavy atom. The van der Waals surface area contributed by atoms with Crippen LogP contribution in [-0.2, 0) is 9.53 Å². The summed E-state index contributed by atoms with van der Waals surface area (Å²) in [6.07, 6.45) is 2.83. The largest absolute Gasteiger partial charge is 0.462 e. The third kappa shape index (κ3) is 3.69. The Bertz CT molecular complexity index is 766. The summed E-state index contributed by atoms with van der Waals surface area (Å²) in [6, 6.07) is 6.25. The first-order chi connectivity index (χ1) is 10.7. The van der Waals surface area contributed by atoms with Gasteiger partial charge in [-0.15, -0.1) is 11.3 Å². The number of esters is 1. The van der Waals surface area contributed by atoms with E-state index in [-0.39, 0.29) is 18.1 Å². The molecule has 112 valence electrons. The van der Waals surface area contributed by atoms with Gasteiger partial charge in [0, 0.05) is 21.5 Å². The van der Waals surface area contributed by atoms with Crippen LogP contribution in [0.1, 0.15) is 11.8 Å². The van der Waals surface area contributed by atoms with Crippen LogP contribution in [0.5, 0.6) is 0 Å². The van der Waals surface area contributed by atoms with E-state index >= 15 is 0 Å². The Labute approximate surface area is 129 Å². The first-order valence-corrected chi connectivity index (χ1v) is 7.12. The van der Waals surface area contributed by atoms with Crippen LogP contribution in [0.3, 0.4) is 0 Å². The first kappa shape index (κ1) is 15.7. The molecular formula is C14H11FN4O2S. The fourth-order valence-corrected chi connectivity index (χ4v) is 2.51. The van der Waals surface area contributed by atoms with Gasteiger partial charge in [0.1, 0.15) is 16.5 Å². The second-order valence-corrected chi connectivity index (χ2v) is 5.05. The number of benzene rings is 1. The molecule has 0 fully saturated rings. The van der Waals surface area contributed by atoms with Gasteiger partial charge in [0.2, 0.25) is 0 Å². The summed E-state index contributed by atoms with van der Waals surface area (Å²) in [5.41, 5.74) is 8.70. The van der Waals surface area contributed by atoms with Crippen molar-refractivity contribution in [3.8, 4) is 10.6 Å². The fraction of sp³-hybridized carbons (Fsp3) is 0.143. The lowest BCUT2D eigenvalue weighted by Crippen LogP contribution is -2.05. The summed E-state index contributed by atoms with van der Waals surface area (Å²) in [5.74, 6) is -1.10. The summed E-state index contributed by atoms with van der Waals surface area (Å²) < 4.78 is 18.5. The Kier molecular flexibility index (Phi) is 5.24.